The molecule has 6 nitrogen and oxygen atoms in total. The van der Waals surface area contributed by atoms with E-state index in [1.165, 1.54) is 12.1 Å². The van der Waals surface area contributed by atoms with Gasteiger partial charge in [0, 0.05) is 6.07 Å². The summed E-state index contributed by atoms with van der Waals surface area (Å²) in [6.45, 7) is 2.94. The number of alkyl halides is 3. The van der Waals surface area contributed by atoms with E-state index in [9.17, 15) is 31.7 Å². The number of nitro benzene ring substituents is 1. The van der Waals surface area contributed by atoms with Crippen LogP contribution in [0.5, 0.6) is 0 Å². The minimum Gasteiger partial charge on any atom is -0.261 e. The zero-order valence-corrected chi connectivity index (χ0v) is 15.1. The first-order valence-corrected chi connectivity index (χ1v) is 9.05. The number of nitrogens with zero attached hydrogens (tertiary/aromatic N) is 2. The van der Waals surface area contributed by atoms with Gasteiger partial charge in [-0.05, 0) is 24.3 Å². The fourth-order valence-electron chi connectivity index (χ4n) is 2.27. The van der Waals surface area contributed by atoms with Crippen LogP contribution >= 0.6 is 11.6 Å². The van der Waals surface area contributed by atoms with Crippen LogP contribution in [0, 0.1) is 10.1 Å². The van der Waals surface area contributed by atoms with Crippen molar-refractivity contribution in [3.05, 3.63) is 75.8 Å². The van der Waals surface area contributed by atoms with Crippen molar-refractivity contribution in [2.24, 2.45) is 0 Å². The highest BCUT2D eigenvalue weighted by atomic mass is 35.5. The maximum atomic E-state index is 13.0. The van der Waals surface area contributed by atoms with Crippen molar-refractivity contribution in [2.75, 3.05) is 10.8 Å². The molecule has 11 heteroatoms. The Hall–Kier alpha value is -2.59. The lowest BCUT2D eigenvalue weighted by molar-refractivity contribution is -0.387. The van der Waals surface area contributed by atoms with Crippen LogP contribution in [0.1, 0.15) is 5.56 Å². The molecule has 2 aromatic carbocycles. The second-order valence-electron chi connectivity index (χ2n) is 5.21. The van der Waals surface area contributed by atoms with Gasteiger partial charge in [-0.2, -0.15) is 13.2 Å². The topological polar surface area (TPSA) is 80.5 Å². The summed E-state index contributed by atoms with van der Waals surface area (Å²) in [6, 6.07) is 6.68. The van der Waals surface area contributed by atoms with Gasteiger partial charge in [0.15, 0.2) is 4.90 Å². The van der Waals surface area contributed by atoms with Gasteiger partial charge in [0.05, 0.1) is 27.7 Å². The molecule has 0 bridgehead atoms. The first-order valence-electron chi connectivity index (χ1n) is 7.24. The van der Waals surface area contributed by atoms with Gasteiger partial charge < -0.3 is 0 Å². The Morgan fingerprint density at radius 1 is 1.22 bits per heavy atom. The van der Waals surface area contributed by atoms with Crippen molar-refractivity contribution in [3.63, 3.8) is 0 Å². The van der Waals surface area contributed by atoms with E-state index in [1.807, 2.05) is 0 Å². The molecule has 0 aromatic heterocycles. The smallest absolute Gasteiger partial charge is 0.261 e. The molecular weight excluding hydrogens is 409 g/mol. The Kier molecular flexibility index (Phi) is 5.81. The summed E-state index contributed by atoms with van der Waals surface area (Å²) in [7, 11) is -4.61. The van der Waals surface area contributed by atoms with Gasteiger partial charge in [0.25, 0.3) is 15.7 Å². The minimum absolute atomic E-state index is 0.271. The summed E-state index contributed by atoms with van der Waals surface area (Å²) in [6.07, 6.45) is -3.61. The third kappa shape index (κ3) is 4.22. The summed E-state index contributed by atoms with van der Waals surface area (Å²) in [5, 5.41) is 10.9. The molecule has 0 unspecified atom stereocenters. The summed E-state index contributed by atoms with van der Waals surface area (Å²) >= 11 is 5.93. The quantitative estimate of drug-likeness (QED) is 0.387. The molecular formula is C16H12ClF3N2O4S. The first kappa shape index (κ1) is 20.7. The lowest BCUT2D eigenvalue weighted by atomic mass is 10.2. The molecule has 0 heterocycles. The highest BCUT2D eigenvalue weighted by Gasteiger charge is 2.35. The molecule has 0 atom stereocenters. The van der Waals surface area contributed by atoms with E-state index in [2.05, 4.69) is 6.58 Å². The molecule has 0 saturated heterocycles. The van der Waals surface area contributed by atoms with E-state index in [0.29, 0.717) is 16.4 Å². The van der Waals surface area contributed by atoms with Crippen LogP contribution in [0.15, 0.2) is 60.0 Å². The molecule has 0 fully saturated rings. The molecule has 0 aliphatic rings. The van der Waals surface area contributed by atoms with Gasteiger partial charge in [0.1, 0.15) is 0 Å². The second-order valence-corrected chi connectivity index (χ2v) is 7.45. The predicted octanol–water partition coefficient (Wildman–Crippen LogP) is 4.65. The van der Waals surface area contributed by atoms with Gasteiger partial charge in [-0.15, -0.1) is 6.58 Å². The Bertz CT molecular complexity index is 993. The monoisotopic (exact) mass is 420 g/mol. The fourth-order valence-corrected chi connectivity index (χ4v) is 4.14. The number of nitro groups is 1. The number of para-hydroxylation sites is 1. The summed E-state index contributed by atoms with van der Waals surface area (Å²) in [5.74, 6) is 0. The first-order chi connectivity index (χ1) is 12.5. The van der Waals surface area contributed by atoms with Crippen LogP contribution < -0.4 is 4.31 Å². The van der Waals surface area contributed by atoms with Crippen LogP contribution in [0.3, 0.4) is 0 Å². The molecule has 0 radical (unpaired) electrons. The van der Waals surface area contributed by atoms with Crippen molar-refractivity contribution >= 4 is 33.0 Å². The van der Waals surface area contributed by atoms with Crippen molar-refractivity contribution in [1.82, 2.24) is 0 Å². The van der Waals surface area contributed by atoms with Gasteiger partial charge in [-0.3, -0.25) is 14.4 Å². The van der Waals surface area contributed by atoms with Crippen LogP contribution in [-0.2, 0) is 16.2 Å². The third-order valence-electron chi connectivity index (χ3n) is 3.47. The van der Waals surface area contributed by atoms with Crippen molar-refractivity contribution in [3.8, 4) is 0 Å². The van der Waals surface area contributed by atoms with Gasteiger partial charge in [-0.1, -0.05) is 29.8 Å². The normalized spacial score (nSPS) is 11.9. The van der Waals surface area contributed by atoms with Crippen LogP contribution in [0.2, 0.25) is 5.02 Å². The molecule has 0 N–H and O–H groups in total. The van der Waals surface area contributed by atoms with Crippen LogP contribution in [-0.4, -0.2) is 19.9 Å². The highest BCUT2D eigenvalue weighted by Crippen LogP contribution is 2.38. The van der Waals surface area contributed by atoms with E-state index >= 15 is 0 Å². The Balaban J connectivity index is 2.72. The zero-order valence-electron chi connectivity index (χ0n) is 13.5. The number of hydrogen-bond acceptors (Lipinski definition) is 4. The van der Waals surface area contributed by atoms with Gasteiger partial charge in [-0.25, -0.2) is 8.42 Å². The lowest BCUT2D eigenvalue weighted by Gasteiger charge is -2.25. The van der Waals surface area contributed by atoms with E-state index < -0.39 is 49.5 Å². The molecule has 0 aliphatic heterocycles. The molecule has 2 aromatic rings. The SMILES string of the molecule is C=CCN(c1cc(C(F)(F)F)ccc1Cl)S(=O)(=O)c1ccccc1[N+](=O)[O-]. The molecule has 0 amide bonds. The number of rotatable bonds is 6. The van der Waals surface area contributed by atoms with Crippen molar-refractivity contribution in [1.29, 1.82) is 0 Å². The van der Waals surface area contributed by atoms with Crippen LogP contribution in [0.4, 0.5) is 24.5 Å². The van der Waals surface area contributed by atoms with E-state index in [4.69, 9.17) is 11.6 Å². The molecule has 2 rings (SSSR count). The molecule has 27 heavy (non-hydrogen) atoms. The molecule has 0 saturated carbocycles. The van der Waals surface area contributed by atoms with Gasteiger partial charge in [0.2, 0.25) is 0 Å². The average molecular weight is 421 g/mol. The maximum absolute atomic E-state index is 13.0. The highest BCUT2D eigenvalue weighted by molar-refractivity contribution is 7.93. The van der Waals surface area contributed by atoms with E-state index in [-0.39, 0.29) is 5.02 Å². The Morgan fingerprint density at radius 3 is 2.41 bits per heavy atom. The number of anilines is 1. The van der Waals surface area contributed by atoms with E-state index in [0.717, 1.165) is 24.3 Å². The number of halogens is 4. The average Bonchev–Trinajstić information content (AvgIpc) is 2.59. The number of hydrogen-bond donors (Lipinski definition) is 0. The Morgan fingerprint density at radius 2 is 1.85 bits per heavy atom. The number of benzene rings is 2. The molecule has 0 aliphatic carbocycles. The van der Waals surface area contributed by atoms with Crippen molar-refractivity contribution in [2.45, 2.75) is 11.1 Å². The second kappa shape index (κ2) is 7.57. The Labute approximate surface area is 157 Å². The van der Waals surface area contributed by atoms with Crippen LogP contribution in [0.25, 0.3) is 0 Å². The van der Waals surface area contributed by atoms with Gasteiger partial charge >= 0.3 is 6.18 Å². The minimum atomic E-state index is -4.73. The summed E-state index contributed by atoms with van der Waals surface area (Å²) in [4.78, 5) is 9.59. The summed E-state index contributed by atoms with van der Waals surface area (Å²) < 4.78 is 65.6. The lowest BCUT2D eigenvalue weighted by Crippen LogP contribution is -2.32. The maximum Gasteiger partial charge on any atom is 0.416 e. The van der Waals surface area contributed by atoms with E-state index in [1.54, 1.807) is 0 Å². The molecule has 144 valence electrons. The van der Waals surface area contributed by atoms with Crippen molar-refractivity contribution < 1.29 is 26.5 Å². The standard InChI is InChI=1S/C16H12ClF3N2O4S/c1-2-9-21(14-10-11(16(18,19)20)7-8-12(14)17)27(25,26)15-6-4-3-5-13(15)22(23)24/h2-8,10H,1,9H2. The third-order valence-corrected chi connectivity index (χ3v) is 5.61. The largest absolute Gasteiger partial charge is 0.416 e. The zero-order chi connectivity index (χ0) is 20.4. The summed E-state index contributed by atoms with van der Waals surface area (Å²) in [5.41, 5.74) is -2.30. The fraction of sp³-hybridized carbons (Fsp3) is 0.125. The molecule has 0 spiro atoms. The predicted molar refractivity (Wildman–Crippen MR) is 94.3 cm³/mol. The number of sulfonamides is 1.